The van der Waals surface area contributed by atoms with E-state index in [-0.39, 0.29) is 11.9 Å². The fraction of sp³-hybridized carbons (Fsp3) is 0.700. The number of hydrogen-bond donors (Lipinski definition) is 0. The van der Waals surface area contributed by atoms with E-state index in [9.17, 15) is 4.79 Å². The van der Waals surface area contributed by atoms with Crippen LogP contribution in [0.1, 0.15) is 13.3 Å². The highest BCUT2D eigenvalue weighted by atomic mass is 28.2. The molecular formula is C10H20O4Si. The monoisotopic (exact) mass is 232 g/mol. The topological polar surface area (TPSA) is 44.8 Å². The van der Waals surface area contributed by atoms with Crippen molar-refractivity contribution in [2.24, 2.45) is 0 Å². The predicted octanol–water partition coefficient (Wildman–Crippen LogP) is 0.659. The number of ether oxygens (including phenoxy) is 3. The lowest BCUT2D eigenvalue weighted by atomic mass is 10.3. The maximum Gasteiger partial charge on any atom is 0.333 e. The summed E-state index contributed by atoms with van der Waals surface area (Å²) >= 11 is 0. The van der Waals surface area contributed by atoms with Crippen LogP contribution in [0.2, 0.25) is 6.04 Å². The van der Waals surface area contributed by atoms with Gasteiger partial charge in [0, 0.05) is 19.8 Å². The van der Waals surface area contributed by atoms with Crippen LogP contribution < -0.4 is 0 Å². The van der Waals surface area contributed by atoms with Crippen molar-refractivity contribution in [2.45, 2.75) is 25.3 Å². The van der Waals surface area contributed by atoms with Gasteiger partial charge in [0.25, 0.3) is 0 Å². The Hall–Kier alpha value is -0.653. The second-order valence-electron chi connectivity index (χ2n) is 3.18. The fourth-order valence-electron chi connectivity index (χ4n) is 1.02. The summed E-state index contributed by atoms with van der Waals surface area (Å²) in [5.41, 5.74) is 0.522. The molecule has 0 radical (unpaired) electrons. The molecule has 0 amide bonds. The lowest BCUT2D eigenvalue weighted by Gasteiger charge is -2.12. The van der Waals surface area contributed by atoms with E-state index in [1.165, 1.54) is 0 Å². The molecule has 0 spiro atoms. The van der Waals surface area contributed by atoms with Crippen molar-refractivity contribution in [1.82, 2.24) is 0 Å². The van der Waals surface area contributed by atoms with Crippen molar-refractivity contribution >= 4 is 15.5 Å². The van der Waals surface area contributed by atoms with Crippen molar-refractivity contribution in [3.8, 4) is 0 Å². The Bertz CT molecular complexity index is 202. The van der Waals surface area contributed by atoms with Crippen molar-refractivity contribution in [3.05, 3.63) is 12.2 Å². The van der Waals surface area contributed by atoms with Gasteiger partial charge in [-0.1, -0.05) is 13.5 Å². The Morgan fingerprint density at radius 3 is 2.47 bits per heavy atom. The van der Waals surface area contributed by atoms with Gasteiger partial charge in [-0.25, -0.2) is 4.79 Å². The van der Waals surface area contributed by atoms with Crippen LogP contribution in [0, 0.1) is 0 Å². The molecule has 0 unspecified atom stereocenters. The summed E-state index contributed by atoms with van der Waals surface area (Å²) in [6, 6.07) is 0.662. The van der Waals surface area contributed by atoms with E-state index in [0.29, 0.717) is 18.2 Å². The average Bonchev–Trinajstić information content (AvgIpc) is 2.26. The summed E-state index contributed by atoms with van der Waals surface area (Å²) in [4.78, 5) is 11.3. The number of methoxy groups -OCH3 is 2. The summed E-state index contributed by atoms with van der Waals surface area (Å²) in [6.45, 7) is 6.11. The third-order valence-electron chi connectivity index (χ3n) is 1.93. The second-order valence-corrected chi connectivity index (χ2v) is 4.92. The first-order chi connectivity index (χ1) is 7.15. The molecule has 0 bridgehead atoms. The molecule has 5 heteroatoms. The van der Waals surface area contributed by atoms with Gasteiger partial charge in [0.05, 0.1) is 16.1 Å². The molecule has 0 aromatic heterocycles. The molecule has 0 fully saturated rings. The molecule has 0 atom stereocenters. The zero-order valence-electron chi connectivity index (χ0n) is 9.75. The first kappa shape index (κ1) is 14.3. The third-order valence-corrected chi connectivity index (χ3v) is 3.96. The summed E-state index contributed by atoms with van der Waals surface area (Å²) < 4.78 is 15.1. The van der Waals surface area contributed by atoms with Crippen LogP contribution in [0.5, 0.6) is 0 Å². The molecular weight excluding hydrogens is 212 g/mol. The predicted molar refractivity (Wildman–Crippen MR) is 61.5 cm³/mol. The third kappa shape index (κ3) is 6.43. The lowest BCUT2D eigenvalue weighted by molar-refractivity contribution is -0.138. The van der Waals surface area contributed by atoms with Gasteiger partial charge in [0.15, 0.2) is 0 Å². The number of hydrogen-bond acceptors (Lipinski definition) is 4. The zero-order chi connectivity index (χ0) is 11.7. The van der Waals surface area contributed by atoms with Gasteiger partial charge in [0.2, 0.25) is 0 Å². The van der Waals surface area contributed by atoms with E-state index in [2.05, 4.69) is 6.58 Å². The van der Waals surface area contributed by atoms with E-state index < -0.39 is 9.52 Å². The Morgan fingerprint density at radius 1 is 1.40 bits per heavy atom. The van der Waals surface area contributed by atoms with Gasteiger partial charge in [-0.15, -0.1) is 0 Å². The normalized spacial score (nSPS) is 11.2. The molecule has 0 aromatic rings. The quantitative estimate of drug-likeness (QED) is 0.267. The minimum Gasteiger partial charge on any atom is -0.462 e. The lowest BCUT2D eigenvalue weighted by Crippen LogP contribution is -2.22. The van der Waals surface area contributed by atoms with Crippen molar-refractivity contribution in [1.29, 1.82) is 0 Å². The maximum atomic E-state index is 11.3. The number of carbonyl (C=O) groups excluding carboxylic acids is 1. The van der Waals surface area contributed by atoms with Gasteiger partial charge in [0.1, 0.15) is 5.91 Å². The molecule has 0 aliphatic rings. The number of esters is 1. The number of rotatable bonds is 8. The van der Waals surface area contributed by atoms with Crippen molar-refractivity contribution in [2.75, 3.05) is 20.8 Å². The minimum atomic E-state index is -0.633. The highest BCUT2D eigenvalue weighted by Crippen LogP contribution is 2.04. The molecule has 88 valence electrons. The molecule has 0 aromatic carbocycles. The molecule has 0 N–H and O–H groups in total. The van der Waals surface area contributed by atoms with E-state index in [1.807, 2.05) is 6.92 Å². The first-order valence-corrected chi connectivity index (χ1v) is 6.87. The van der Waals surface area contributed by atoms with Crippen molar-refractivity contribution in [3.63, 3.8) is 0 Å². The molecule has 0 saturated carbocycles. The van der Waals surface area contributed by atoms with Crippen LogP contribution in [0.4, 0.5) is 0 Å². The SMILES string of the molecule is C=C(C[SiH2]C(OC)OC)C(=O)OCCC. The van der Waals surface area contributed by atoms with E-state index >= 15 is 0 Å². The van der Waals surface area contributed by atoms with Gasteiger partial charge < -0.3 is 14.2 Å². The van der Waals surface area contributed by atoms with E-state index in [1.54, 1.807) is 14.2 Å². The summed E-state index contributed by atoms with van der Waals surface area (Å²) in [7, 11) is 2.56. The van der Waals surface area contributed by atoms with Crippen LogP contribution in [0.25, 0.3) is 0 Å². The highest BCUT2D eigenvalue weighted by Gasteiger charge is 2.12. The molecule has 15 heavy (non-hydrogen) atoms. The van der Waals surface area contributed by atoms with Gasteiger partial charge in [-0.05, 0) is 12.5 Å². The van der Waals surface area contributed by atoms with Crippen LogP contribution in [-0.4, -0.2) is 42.2 Å². The van der Waals surface area contributed by atoms with Crippen LogP contribution in [0.3, 0.4) is 0 Å². The zero-order valence-corrected chi connectivity index (χ0v) is 11.2. The first-order valence-electron chi connectivity index (χ1n) is 5.06. The Kier molecular flexibility index (Phi) is 8.26. The van der Waals surface area contributed by atoms with Gasteiger partial charge in [-0.2, -0.15) is 0 Å². The molecule has 0 aliphatic heterocycles. The smallest absolute Gasteiger partial charge is 0.333 e. The van der Waals surface area contributed by atoms with E-state index in [4.69, 9.17) is 14.2 Å². The molecule has 0 heterocycles. The summed E-state index contributed by atoms with van der Waals surface area (Å²) in [6.07, 6.45) is 0.829. The fourth-order valence-corrected chi connectivity index (χ4v) is 2.28. The maximum absolute atomic E-state index is 11.3. The van der Waals surface area contributed by atoms with Crippen molar-refractivity contribution < 1.29 is 19.0 Å². The minimum absolute atomic E-state index is 0.152. The van der Waals surface area contributed by atoms with Crippen LogP contribution in [-0.2, 0) is 19.0 Å². The summed E-state index contributed by atoms with van der Waals surface area (Å²) in [5, 5.41) is 0. The molecule has 0 saturated heterocycles. The van der Waals surface area contributed by atoms with Gasteiger partial charge in [-0.3, -0.25) is 0 Å². The van der Waals surface area contributed by atoms with Gasteiger partial charge >= 0.3 is 5.97 Å². The molecule has 0 aliphatic carbocycles. The Balaban J connectivity index is 3.77. The van der Waals surface area contributed by atoms with Crippen LogP contribution >= 0.6 is 0 Å². The highest BCUT2D eigenvalue weighted by molar-refractivity contribution is 6.38. The number of carbonyl (C=O) groups is 1. The average molecular weight is 232 g/mol. The van der Waals surface area contributed by atoms with E-state index in [0.717, 1.165) is 6.42 Å². The van der Waals surface area contributed by atoms with Crippen LogP contribution in [0.15, 0.2) is 12.2 Å². The standard InChI is InChI=1S/C10H20O4Si/c1-5-6-14-9(11)8(2)7-15-10(12-3)13-4/h10H,2,5-7,15H2,1,3-4H3. The Morgan fingerprint density at radius 2 is 2.00 bits per heavy atom. The Labute approximate surface area is 93.4 Å². The largest absolute Gasteiger partial charge is 0.462 e. The molecule has 0 rings (SSSR count). The summed E-state index contributed by atoms with van der Waals surface area (Å²) in [5.74, 6) is -0.448. The molecule has 4 nitrogen and oxygen atoms in total. The second kappa shape index (κ2) is 8.64.